The summed E-state index contributed by atoms with van der Waals surface area (Å²) in [6.07, 6.45) is 3.41. The van der Waals surface area contributed by atoms with E-state index in [1.54, 1.807) is 17.1 Å². The van der Waals surface area contributed by atoms with E-state index >= 15 is 0 Å². The van der Waals surface area contributed by atoms with Gasteiger partial charge in [-0.3, -0.25) is 4.98 Å². The first-order valence-corrected chi connectivity index (χ1v) is 4.63. The van der Waals surface area contributed by atoms with Gasteiger partial charge in [0.2, 0.25) is 0 Å². The van der Waals surface area contributed by atoms with Crippen LogP contribution in [0.4, 0.5) is 0 Å². The molecule has 2 aromatic heterocycles. The second-order valence-electron chi connectivity index (χ2n) is 3.24. The number of pyridine rings is 1. The molecule has 2 rings (SSSR count). The van der Waals surface area contributed by atoms with Gasteiger partial charge in [-0.15, -0.1) is 0 Å². The Bertz CT molecular complexity index is 493. The van der Waals surface area contributed by atoms with Gasteiger partial charge >= 0.3 is 0 Å². The van der Waals surface area contributed by atoms with Crippen LogP contribution in [0.2, 0.25) is 0 Å². The molecule has 2 aromatic rings. The van der Waals surface area contributed by atoms with Crippen molar-refractivity contribution in [1.29, 1.82) is 5.26 Å². The Morgan fingerprint density at radius 1 is 1.40 bits per heavy atom. The number of rotatable bonds is 2. The second kappa shape index (κ2) is 3.93. The molecule has 0 fully saturated rings. The molecule has 0 spiro atoms. The van der Waals surface area contributed by atoms with Gasteiger partial charge < -0.3 is 4.57 Å². The van der Waals surface area contributed by atoms with Crippen LogP contribution in [-0.4, -0.2) is 14.5 Å². The van der Waals surface area contributed by atoms with E-state index in [0.29, 0.717) is 12.2 Å². The highest BCUT2D eigenvalue weighted by atomic mass is 15.1. The van der Waals surface area contributed by atoms with Gasteiger partial charge in [-0.25, -0.2) is 4.98 Å². The van der Waals surface area contributed by atoms with E-state index in [2.05, 4.69) is 16.0 Å². The third kappa shape index (κ3) is 1.86. The van der Waals surface area contributed by atoms with Crippen molar-refractivity contribution in [2.24, 2.45) is 0 Å². The molecule has 0 unspecified atom stereocenters. The molecular formula is C11H10N4. The van der Waals surface area contributed by atoms with Crippen molar-refractivity contribution in [3.8, 4) is 6.07 Å². The normalized spacial score (nSPS) is 9.87. The fourth-order valence-corrected chi connectivity index (χ4v) is 1.41. The van der Waals surface area contributed by atoms with Crippen molar-refractivity contribution in [1.82, 2.24) is 14.5 Å². The summed E-state index contributed by atoms with van der Waals surface area (Å²) in [5.74, 6) is 0. The molecule has 15 heavy (non-hydrogen) atoms. The minimum Gasteiger partial charge on any atom is -0.316 e. The van der Waals surface area contributed by atoms with Gasteiger partial charge in [-0.05, 0) is 19.1 Å². The summed E-state index contributed by atoms with van der Waals surface area (Å²) in [6.45, 7) is 2.41. The maximum absolute atomic E-state index is 8.93. The van der Waals surface area contributed by atoms with Gasteiger partial charge in [0, 0.05) is 6.20 Å². The number of aryl methyl sites for hydroxylation is 1. The van der Waals surface area contributed by atoms with E-state index in [9.17, 15) is 0 Å². The largest absolute Gasteiger partial charge is 0.316 e. The van der Waals surface area contributed by atoms with E-state index in [4.69, 9.17) is 5.26 Å². The Morgan fingerprint density at radius 2 is 2.27 bits per heavy atom. The van der Waals surface area contributed by atoms with Crippen molar-refractivity contribution < 1.29 is 0 Å². The number of nitrogens with zero attached hydrogens (tertiary/aromatic N) is 4. The van der Waals surface area contributed by atoms with E-state index in [1.807, 2.05) is 25.1 Å². The Morgan fingerprint density at radius 3 is 2.93 bits per heavy atom. The SMILES string of the molecule is Cc1ncn(Cc2ccccn2)c1C#N. The van der Waals surface area contributed by atoms with Gasteiger partial charge in [0.05, 0.1) is 24.3 Å². The van der Waals surface area contributed by atoms with Crippen LogP contribution in [0, 0.1) is 18.3 Å². The Kier molecular flexibility index (Phi) is 2.46. The molecule has 0 saturated heterocycles. The van der Waals surface area contributed by atoms with Crippen LogP contribution in [0.1, 0.15) is 17.1 Å². The molecule has 2 heterocycles. The fourth-order valence-electron chi connectivity index (χ4n) is 1.41. The van der Waals surface area contributed by atoms with Gasteiger partial charge in [-0.2, -0.15) is 5.26 Å². The van der Waals surface area contributed by atoms with Crippen LogP contribution < -0.4 is 0 Å². The molecule has 0 atom stereocenters. The maximum Gasteiger partial charge on any atom is 0.143 e. The Balaban J connectivity index is 2.30. The zero-order chi connectivity index (χ0) is 10.7. The van der Waals surface area contributed by atoms with Gasteiger partial charge in [-0.1, -0.05) is 6.07 Å². The fraction of sp³-hybridized carbons (Fsp3) is 0.182. The summed E-state index contributed by atoms with van der Waals surface area (Å²) < 4.78 is 1.80. The highest BCUT2D eigenvalue weighted by molar-refractivity contribution is 5.26. The summed E-state index contributed by atoms with van der Waals surface area (Å²) in [5.41, 5.74) is 2.28. The predicted molar refractivity (Wildman–Crippen MR) is 55.0 cm³/mol. The maximum atomic E-state index is 8.93. The number of hydrogen-bond donors (Lipinski definition) is 0. The molecule has 0 radical (unpaired) electrons. The van der Waals surface area contributed by atoms with Crippen molar-refractivity contribution in [3.63, 3.8) is 0 Å². The van der Waals surface area contributed by atoms with Crippen LogP contribution in [0.15, 0.2) is 30.7 Å². The lowest BCUT2D eigenvalue weighted by molar-refractivity contribution is 0.762. The highest BCUT2D eigenvalue weighted by Gasteiger charge is 2.06. The molecule has 0 aliphatic heterocycles. The minimum absolute atomic E-state index is 0.588. The van der Waals surface area contributed by atoms with Crippen LogP contribution >= 0.6 is 0 Å². The van der Waals surface area contributed by atoms with Gasteiger partial charge in [0.25, 0.3) is 0 Å². The first kappa shape index (κ1) is 9.41. The van der Waals surface area contributed by atoms with Gasteiger partial charge in [0.15, 0.2) is 0 Å². The average Bonchev–Trinajstić information content (AvgIpc) is 2.61. The average molecular weight is 198 g/mol. The van der Waals surface area contributed by atoms with E-state index in [-0.39, 0.29) is 0 Å². The third-order valence-corrected chi connectivity index (χ3v) is 2.19. The number of aromatic nitrogens is 3. The molecule has 0 aliphatic rings. The molecule has 4 heteroatoms. The van der Waals surface area contributed by atoms with Crippen molar-refractivity contribution in [2.75, 3.05) is 0 Å². The molecular weight excluding hydrogens is 188 g/mol. The molecule has 0 aliphatic carbocycles. The zero-order valence-corrected chi connectivity index (χ0v) is 8.38. The Labute approximate surface area is 87.8 Å². The summed E-state index contributed by atoms with van der Waals surface area (Å²) >= 11 is 0. The zero-order valence-electron chi connectivity index (χ0n) is 8.38. The second-order valence-corrected chi connectivity index (χ2v) is 3.24. The first-order chi connectivity index (χ1) is 7.31. The molecule has 74 valence electrons. The van der Waals surface area contributed by atoms with Crippen LogP contribution in [0.3, 0.4) is 0 Å². The standard InChI is InChI=1S/C11H10N4/c1-9-11(6-12)15(8-14-9)7-10-4-2-3-5-13-10/h2-5,8H,7H2,1H3. The molecule has 0 aromatic carbocycles. The lowest BCUT2D eigenvalue weighted by Gasteiger charge is -2.02. The molecule has 0 bridgehead atoms. The summed E-state index contributed by atoms with van der Waals surface area (Å²) in [7, 11) is 0. The van der Waals surface area contributed by atoms with E-state index in [0.717, 1.165) is 11.4 Å². The van der Waals surface area contributed by atoms with Crippen LogP contribution in [-0.2, 0) is 6.54 Å². The van der Waals surface area contributed by atoms with Crippen molar-refractivity contribution >= 4 is 0 Å². The van der Waals surface area contributed by atoms with Crippen LogP contribution in [0.25, 0.3) is 0 Å². The highest BCUT2D eigenvalue weighted by Crippen LogP contribution is 2.07. The van der Waals surface area contributed by atoms with Crippen molar-refractivity contribution in [2.45, 2.75) is 13.5 Å². The number of nitriles is 1. The van der Waals surface area contributed by atoms with E-state index in [1.165, 1.54) is 0 Å². The lowest BCUT2D eigenvalue weighted by Crippen LogP contribution is -2.02. The van der Waals surface area contributed by atoms with Crippen LogP contribution in [0.5, 0.6) is 0 Å². The summed E-state index contributed by atoms with van der Waals surface area (Å²) in [5, 5.41) is 8.93. The Hall–Kier alpha value is -2.15. The van der Waals surface area contributed by atoms with Gasteiger partial charge in [0.1, 0.15) is 11.8 Å². The third-order valence-electron chi connectivity index (χ3n) is 2.19. The molecule has 0 saturated carbocycles. The lowest BCUT2D eigenvalue weighted by atomic mass is 10.3. The monoisotopic (exact) mass is 198 g/mol. The molecule has 0 N–H and O–H groups in total. The topological polar surface area (TPSA) is 54.5 Å². The summed E-state index contributed by atoms with van der Waals surface area (Å²) in [6, 6.07) is 7.86. The van der Waals surface area contributed by atoms with E-state index < -0.39 is 0 Å². The summed E-state index contributed by atoms with van der Waals surface area (Å²) in [4.78, 5) is 8.30. The quantitative estimate of drug-likeness (QED) is 0.734. The smallest absolute Gasteiger partial charge is 0.143 e. The molecule has 4 nitrogen and oxygen atoms in total. The predicted octanol–water partition coefficient (Wildman–Crippen LogP) is 1.51. The number of imidazole rings is 1. The number of hydrogen-bond acceptors (Lipinski definition) is 3. The minimum atomic E-state index is 0.588. The molecule has 0 amide bonds. The van der Waals surface area contributed by atoms with Crippen molar-refractivity contribution in [3.05, 3.63) is 47.8 Å². The first-order valence-electron chi connectivity index (χ1n) is 4.63.